The van der Waals surface area contributed by atoms with Crippen LogP contribution in [0.15, 0.2) is 42.1 Å². The molecule has 0 spiro atoms. The Kier molecular flexibility index (Phi) is 9.87. The van der Waals surface area contributed by atoms with Gasteiger partial charge in [0.2, 0.25) is 17.7 Å². The Bertz CT molecular complexity index is 1110. The van der Waals surface area contributed by atoms with Crippen LogP contribution in [0.3, 0.4) is 0 Å². The van der Waals surface area contributed by atoms with E-state index >= 15 is 0 Å². The largest absolute Gasteiger partial charge is 0.358 e. The Morgan fingerprint density at radius 1 is 1.03 bits per heavy atom. The van der Waals surface area contributed by atoms with E-state index in [1.54, 1.807) is 13.2 Å². The maximum atomic E-state index is 13.2. The molecule has 190 valence electrons. The number of hydrogen-bond acceptors (Lipinski definition) is 3. The van der Waals surface area contributed by atoms with Crippen molar-refractivity contribution >= 4 is 34.7 Å². The number of aromatic nitrogens is 1. The Labute approximate surface area is 209 Å². The molecule has 2 rings (SSSR count). The first-order valence-corrected chi connectivity index (χ1v) is 12.2. The molecule has 0 saturated heterocycles. The normalized spacial score (nSPS) is 13.2. The molecule has 0 fully saturated rings. The van der Waals surface area contributed by atoms with Crippen molar-refractivity contribution < 1.29 is 14.4 Å². The summed E-state index contributed by atoms with van der Waals surface area (Å²) in [5.74, 6) is -1.06. The van der Waals surface area contributed by atoms with Crippen LogP contribution in [0.25, 0.3) is 17.0 Å². The Morgan fingerprint density at radius 3 is 2.26 bits per heavy atom. The van der Waals surface area contributed by atoms with Crippen molar-refractivity contribution in [1.82, 2.24) is 20.5 Å². The molecule has 1 heterocycles. The summed E-state index contributed by atoms with van der Waals surface area (Å²) in [7, 11) is 1.62. The van der Waals surface area contributed by atoms with E-state index in [-0.39, 0.29) is 29.6 Å². The second kappa shape index (κ2) is 12.4. The summed E-state index contributed by atoms with van der Waals surface area (Å²) >= 11 is 0. The van der Waals surface area contributed by atoms with Crippen LogP contribution in [0.2, 0.25) is 0 Å². The summed E-state index contributed by atoms with van der Waals surface area (Å²) in [6, 6.07) is 6.70. The van der Waals surface area contributed by atoms with Gasteiger partial charge in [-0.25, -0.2) is 0 Å². The smallest absolute Gasteiger partial charge is 0.246 e. The predicted octanol–water partition coefficient (Wildman–Crippen LogP) is 4.41. The lowest BCUT2D eigenvalue weighted by Gasteiger charge is -2.33. The first-order valence-electron chi connectivity index (χ1n) is 12.2. The molecule has 2 unspecified atom stereocenters. The number of carbonyl (C=O) groups excluding carboxylic acids is 3. The van der Waals surface area contributed by atoms with Crippen molar-refractivity contribution in [1.29, 1.82) is 0 Å². The molecule has 0 bridgehead atoms. The van der Waals surface area contributed by atoms with Gasteiger partial charge in [0.05, 0.1) is 0 Å². The molecule has 2 atom stereocenters. The van der Waals surface area contributed by atoms with Crippen molar-refractivity contribution in [3.63, 3.8) is 0 Å². The number of allylic oxidation sites excluding steroid dienone is 2. The van der Waals surface area contributed by atoms with Crippen LogP contribution in [0.1, 0.15) is 59.7 Å². The van der Waals surface area contributed by atoms with Gasteiger partial charge in [-0.05, 0) is 37.8 Å². The van der Waals surface area contributed by atoms with E-state index in [1.165, 1.54) is 17.4 Å². The molecule has 35 heavy (non-hydrogen) atoms. The Balaban J connectivity index is 2.25. The number of nitrogens with one attached hydrogen (secondary N) is 3. The quantitative estimate of drug-likeness (QED) is 0.440. The fourth-order valence-corrected chi connectivity index (χ4v) is 4.18. The maximum absolute atomic E-state index is 13.2. The molecule has 2 aromatic rings. The minimum absolute atomic E-state index is 0.106. The summed E-state index contributed by atoms with van der Waals surface area (Å²) in [6.07, 6.45) is 6.47. The molecular weight excluding hydrogens is 440 g/mol. The highest BCUT2D eigenvalue weighted by Gasteiger charge is 2.34. The molecule has 3 N–H and O–H groups in total. The number of rotatable bonds is 10. The highest BCUT2D eigenvalue weighted by atomic mass is 16.2. The Hall–Kier alpha value is -3.35. The number of para-hydroxylation sites is 1. The van der Waals surface area contributed by atoms with Crippen molar-refractivity contribution in [2.24, 2.45) is 11.8 Å². The lowest BCUT2D eigenvalue weighted by Crippen LogP contribution is -2.56. The van der Waals surface area contributed by atoms with Crippen molar-refractivity contribution in [3.8, 4) is 0 Å². The predicted molar refractivity (Wildman–Crippen MR) is 142 cm³/mol. The Morgan fingerprint density at radius 2 is 1.69 bits per heavy atom. The highest BCUT2D eigenvalue weighted by Crippen LogP contribution is 2.24. The van der Waals surface area contributed by atoms with Crippen molar-refractivity contribution in [3.05, 3.63) is 53.4 Å². The third kappa shape index (κ3) is 7.31. The summed E-state index contributed by atoms with van der Waals surface area (Å²) in [5, 5.41) is 6.67. The minimum Gasteiger partial charge on any atom is -0.358 e. The molecule has 1 aromatic carbocycles. The summed E-state index contributed by atoms with van der Waals surface area (Å²) in [6.45, 7) is 13.1. The van der Waals surface area contributed by atoms with Gasteiger partial charge in [0.25, 0.3) is 0 Å². The number of aromatic amines is 1. The van der Waals surface area contributed by atoms with Gasteiger partial charge < -0.3 is 20.5 Å². The van der Waals surface area contributed by atoms with E-state index in [0.29, 0.717) is 0 Å². The second-order valence-electron chi connectivity index (χ2n) is 9.95. The van der Waals surface area contributed by atoms with E-state index in [9.17, 15) is 14.4 Å². The van der Waals surface area contributed by atoms with Crippen LogP contribution in [-0.2, 0) is 20.8 Å². The molecule has 0 aliphatic heterocycles. The van der Waals surface area contributed by atoms with Crippen LogP contribution in [0.5, 0.6) is 0 Å². The highest BCUT2D eigenvalue weighted by molar-refractivity contribution is 5.93. The molecular formula is C28H40N4O3. The third-order valence-corrected chi connectivity index (χ3v) is 5.97. The molecule has 1 aromatic heterocycles. The first-order chi connectivity index (χ1) is 16.4. The van der Waals surface area contributed by atoms with Gasteiger partial charge in [0.15, 0.2) is 0 Å². The maximum Gasteiger partial charge on any atom is 0.246 e. The molecule has 0 aliphatic rings. The molecule has 3 amide bonds. The van der Waals surface area contributed by atoms with Crippen LogP contribution in [0, 0.1) is 11.8 Å². The fourth-order valence-electron chi connectivity index (χ4n) is 4.18. The number of likely N-dealkylation sites (N-methyl/N-ethyl adjacent to an activating group) is 1. The van der Waals surface area contributed by atoms with E-state index in [0.717, 1.165) is 28.6 Å². The topological polar surface area (TPSA) is 94.3 Å². The van der Waals surface area contributed by atoms with Gasteiger partial charge in [-0.3, -0.25) is 14.4 Å². The number of nitrogens with zero attached hydrogens (tertiary/aromatic N) is 1. The monoisotopic (exact) mass is 480 g/mol. The molecule has 7 nitrogen and oxygen atoms in total. The van der Waals surface area contributed by atoms with Gasteiger partial charge in [-0.1, -0.05) is 57.5 Å². The first kappa shape index (κ1) is 27.9. The minimum atomic E-state index is -0.689. The number of amides is 3. The standard InChI is InChI=1S/C28H40N4O3/c1-17(2)13-14-24-22(21-11-9-10-12-23(21)31-24)15-16-29-27(34)26(19(5)6)32(8)28(35)25(18(3)4)30-20(7)33/h9-13,15-16,18-19,25-26,31H,14H2,1-8H3,(H,29,34)(H,30,33). The van der Waals surface area contributed by atoms with Gasteiger partial charge >= 0.3 is 0 Å². The number of fused-ring (bicyclic) bond motifs is 1. The van der Waals surface area contributed by atoms with Crippen LogP contribution >= 0.6 is 0 Å². The summed E-state index contributed by atoms with van der Waals surface area (Å²) in [5.41, 5.74) is 4.37. The average Bonchev–Trinajstić information content (AvgIpc) is 3.12. The van der Waals surface area contributed by atoms with Gasteiger partial charge in [-0.2, -0.15) is 0 Å². The van der Waals surface area contributed by atoms with Gasteiger partial charge in [0.1, 0.15) is 12.1 Å². The van der Waals surface area contributed by atoms with E-state index in [4.69, 9.17) is 0 Å². The SMILES string of the molecule is CC(=O)NC(C(=O)N(C)C(C(=O)NC=Cc1c(CC=C(C)C)[nH]c2ccccc12)C(C)C)C(C)C. The zero-order valence-electron chi connectivity index (χ0n) is 22.2. The summed E-state index contributed by atoms with van der Waals surface area (Å²) < 4.78 is 0. The lowest BCUT2D eigenvalue weighted by molar-refractivity contribution is -0.143. The van der Waals surface area contributed by atoms with Crippen molar-refractivity contribution in [2.75, 3.05) is 7.05 Å². The number of hydrogen-bond donors (Lipinski definition) is 3. The van der Waals surface area contributed by atoms with Gasteiger partial charge in [0, 0.05) is 48.8 Å². The van der Waals surface area contributed by atoms with Crippen LogP contribution in [-0.4, -0.2) is 46.7 Å². The number of benzene rings is 1. The van der Waals surface area contributed by atoms with Crippen LogP contribution < -0.4 is 10.6 Å². The lowest BCUT2D eigenvalue weighted by atomic mass is 9.98. The number of H-pyrrole nitrogens is 1. The molecule has 0 radical (unpaired) electrons. The zero-order valence-corrected chi connectivity index (χ0v) is 22.2. The van der Waals surface area contributed by atoms with Gasteiger partial charge in [-0.15, -0.1) is 0 Å². The van der Waals surface area contributed by atoms with E-state index in [1.807, 2.05) is 52.0 Å². The fraction of sp³-hybridized carbons (Fsp3) is 0.464. The molecule has 7 heteroatoms. The number of carbonyl (C=O) groups is 3. The van der Waals surface area contributed by atoms with Crippen molar-refractivity contribution in [2.45, 2.75) is 67.0 Å². The third-order valence-electron chi connectivity index (χ3n) is 5.97. The second-order valence-corrected chi connectivity index (χ2v) is 9.95. The van der Waals surface area contributed by atoms with Crippen LogP contribution in [0.4, 0.5) is 0 Å². The molecule has 0 saturated carbocycles. The average molecular weight is 481 g/mol. The van der Waals surface area contributed by atoms with E-state index < -0.39 is 12.1 Å². The molecule has 0 aliphatic carbocycles. The van der Waals surface area contributed by atoms with E-state index in [2.05, 4.69) is 41.6 Å². The zero-order chi connectivity index (χ0) is 26.3. The summed E-state index contributed by atoms with van der Waals surface area (Å²) in [4.78, 5) is 42.9.